The first-order valence-corrected chi connectivity index (χ1v) is 37.2. The van der Waals surface area contributed by atoms with Crippen LogP contribution in [0.25, 0.3) is 120 Å². The van der Waals surface area contributed by atoms with Crippen molar-refractivity contribution in [1.82, 2.24) is 9.13 Å². The maximum Gasteiger partial charge on any atom is 0.252 e. The van der Waals surface area contributed by atoms with E-state index in [0.29, 0.717) is 0 Å². The van der Waals surface area contributed by atoms with E-state index in [-0.39, 0.29) is 33.8 Å². The topological polar surface area (TPSA) is 16.3 Å². The van der Waals surface area contributed by atoms with Gasteiger partial charge in [0.1, 0.15) is 0 Å². The molecule has 0 saturated carbocycles. The quantitative estimate of drug-likeness (QED) is 0.129. The van der Waals surface area contributed by atoms with Crippen molar-refractivity contribution >= 4 is 165 Å². The lowest BCUT2D eigenvalue weighted by Gasteiger charge is -2.45. The first-order chi connectivity index (χ1) is 49.2. The van der Waals surface area contributed by atoms with Crippen molar-refractivity contribution in [3.05, 3.63) is 283 Å². The van der Waals surface area contributed by atoms with Crippen LogP contribution < -0.4 is 26.2 Å². The minimum atomic E-state index is -0.263. The molecule has 0 bridgehead atoms. The summed E-state index contributed by atoms with van der Waals surface area (Å²) >= 11 is 0. The van der Waals surface area contributed by atoms with Crippen LogP contribution in [0.2, 0.25) is 0 Å². The van der Waals surface area contributed by atoms with Gasteiger partial charge in [-0.25, -0.2) is 0 Å². The van der Waals surface area contributed by atoms with Crippen molar-refractivity contribution in [1.29, 1.82) is 0 Å². The number of anilines is 6. The summed E-state index contributed by atoms with van der Waals surface area (Å²) in [5.41, 5.74) is 24.0. The molecule has 0 aliphatic carbocycles. The van der Waals surface area contributed by atoms with Crippen molar-refractivity contribution in [2.24, 2.45) is 0 Å². The van der Waals surface area contributed by atoms with Gasteiger partial charge in [0, 0.05) is 67.0 Å². The van der Waals surface area contributed by atoms with Crippen LogP contribution in [0.4, 0.5) is 34.1 Å². The molecule has 0 radical (unpaired) electrons. The molecule has 2 aliphatic heterocycles. The lowest BCUT2D eigenvalue weighted by molar-refractivity contribution is 0.590. The zero-order valence-corrected chi connectivity index (χ0v) is 62.1. The fourth-order valence-corrected chi connectivity index (χ4v) is 17.8. The molecule has 19 rings (SSSR count). The molecule has 15 aromatic carbocycles. The predicted molar refractivity (Wildman–Crippen MR) is 448 cm³/mol. The second-order valence-electron chi connectivity index (χ2n) is 35.0. The summed E-state index contributed by atoms with van der Waals surface area (Å²) < 4.78 is 5.12. The second kappa shape index (κ2) is 21.8. The zero-order valence-electron chi connectivity index (χ0n) is 62.1. The summed E-state index contributed by atoms with van der Waals surface area (Å²) in [6, 6.07) is 99.8. The molecule has 0 saturated heterocycles. The molecule has 5 heteroatoms. The lowest BCUT2D eigenvalue weighted by Crippen LogP contribution is -2.61. The van der Waals surface area contributed by atoms with E-state index >= 15 is 0 Å². The highest BCUT2D eigenvalue weighted by Crippen LogP contribution is 2.51. The van der Waals surface area contributed by atoms with E-state index < -0.39 is 0 Å². The van der Waals surface area contributed by atoms with E-state index in [1.807, 2.05) is 0 Å². The first-order valence-electron chi connectivity index (χ1n) is 37.2. The summed E-state index contributed by atoms with van der Waals surface area (Å²) in [6.07, 6.45) is 0. The van der Waals surface area contributed by atoms with Crippen LogP contribution in [-0.4, -0.2) is 15.8 Å². The van der Waals surface area contributed by atoms with Crippen LogP contribution in [0, 0.1) is 0 Å². The lowest BCUT2D eigenvalue weighted by atomic mass is 9.33. The Balaban J connectivity index is 0.938. The molecule has 502 valence electrons. The summed E-state index contributed by atoms with van der Waals surface area (Å²) in [5.74, 6) is 0. The molecule has 2 aromatic heterocycles. The standard InChI is InChI=1S/C98H87BN4/c1-94(2,3)58-32-44-85-79(48-58)80-49-59(95(4,5)6)33-45-86(80)100(85)65-38-42-83-89(56-65)102(63-36-40-75-71-28-18-16-24-67(71)69-26-20-22-30-73(69)77(75)54-63)91-52-62(98(13,14)15)53-92-93(91)99(83)84-43-39-66(101-87-46-34-60(96(7,8)9)50-81(87)82-51-61(97(10,11)12)35-47-88(82)101)57-90(84)103(92)64-37-41-76-72-29-19-17-25-68(72)70-27-21-23-31-74(70)78(76)55-64/h16-57H,1-15H3. The number of fused-ring (bicyclic) bond motifs is 22. The van der Waals surface area contributed by atoms with E-state index in [2.05, 4.69) is 378 Å². The third-order valence-corrected chi connectivity index (χ3v) is 23.4. The minimum Gasteiger partial charge on any atom is -0.311 e. The summed E-state index contributed by atoms with van der Waals surface area (Å²) in [5, 5.41) is 20.2. The minimum absolute atomic E-state index is 0.0356. The number of benzene rings is 15. The highest BCUT2D eigenvalue weighted by Gasteiger charge is 2.45. The smallest absolute Gasteiger partial charge is 0.252 e. The molecule has 0 spiro atoms. The highest BCUT2D eigenvalue weighted by atomic mass is 15.2. The van der Waals surface area contributed by atoms with Gasteiger partial charge in [-0.2, -0.15) is 0 Å². The Morgan fingerprint density at radius 3 is 0.748 bits per heavy atom. The highest BCUT2D eigenvalue weighted by molar-refractivity contribution is 7.00. The Bertz CT molecular complexity index is 5940. The number of hydrogen-bond acceptors (Lipinski definition) is 2. The molecule has 0 unspecified atom stereocenters. The van der Waals surface area contributed by atoms with Gasteiger partial charge in [0.25, 0.3) is 6.71 Å². The van der Waals surface area contributed by atoms with Crippen molar-refractivity contribution in [2.75, 3.05) is 9.80 Å². The van der Waals surface area contributed by atoms with E-state index in [4.69, 9.17) is 0 Å². The molecular weight excluding hydrogens is 1240 g/mol. The molecule has 0 N–H and O–H groups in total. The monoisotopic (exact) mass is 1330 g/mol. The van der Waals surface area contributed by atoms with Crippen LogP contribution >= 0.6 is 0 Å². The first kappa shape index (κ1) is 63.1. The van der Waals surface area contributed by atoms with Crippen molar-refractivity contribution in [2.45, 2.75) is 131 Å². The molecule has 17 aromatic rings. The van der Waals surface area contributed by atoms with Crippen LogP contribution in [-0.2, 0) is 27.1 Å². The van der Waals surface area contributed by atoms with Gasteiger partial charge in [-0.1, -0.05) is 249 Å². The number of aromatic nitrogens is 2. The maximum atomic E-state index is 2.67. The van der Waals surface area contributed by atoms with E-state index in [1.54, 1.807) is 0 Å². The van der Waals surface area contributed by atoms with Crippen molar-refractivity contribution in [3.8, 4) is 11.4 Å². The van der Waals surface area contributed by atoms with Gasteiger partial charge in [0.05, 0.1) is 22.1 Å². The fraction of sp³-hybridized carbons (Fsp3) is 0.204. The Labute approximate surface area is 605 Å². The Morgan fingerprint density at radius 1 is 0.204 bits per heavy atom. The van der Waals surface area contributed by atoms with Gasteiger partial charge in [-0.3, -0.25) is 0 Å². The largest absolute Gasteiger partial charge is 0.311 e. The van der Waals surface area contributed by atoms with Gasteiger partial charge in [0.15, 0.2) is 0 Å². The van der Waals surface area contributed by atoms with Crippen LogP contribution in [0.1, 0.15) is 132 Å². The molecular formula is C98H87BN4. The third kappa shape index (κ3) is 9.56. The summed E-state index contributed by atoms with van der Waals surface area (Å²) in [4.78, 5) is 5.34. The van der Waals surface area contributed by atoms with Gasteiger partial charge < -0.3 is 18.9 Å². The molecule has 2 aliphatic rings. The fourth-order valence-electron chi connectivity index (χ4n) is 17.8. The maximum absolute atomic E-state index is 2.67. The summed E-state index contributed by atoms with van der Waals surface area (Å²) in [7, 11) is 0. The molecule has 103 heavy (non-hydrogen) atoms. The van der Waals surface area contributed by atoms with Gasteiger partial charge >= 0.3 is 0 Å². The summed E-state index contributed by atoms with van der Waals surface area (Å²) in [6.45, 7) is 35.1. The van der Waals surface area contributed by atoms with E-state index in [9.17, 15) is 0 Å². The van der Waals surface area contributed by atoms with Gasteiger partial charge in [-0.05, 0) is 245 Å². The molecule has 0 fully saturated rings. The normalized spacial score (nSPS) is 13.7. The van der Waals surface area contributed by atoms with Crippen LogP contribution in [0.15, 0.2) is 255 Å². The molecule has 0 atom stereocenters. The zero-order chi connectivity index (χ0) is 70.9. The SMILES string of the molecule is CC(C)(C)c1cc2c3c(c1)N(c1ccc4c5ccccc5c5ccccc5c4c1)c1cc(-n4c5ccc(C(C)(C)C)cc5c5cc(C(C)(C)C)ccc54)ccc1B3c1ccc(-n3c4ccc(C(C)(C)C)cc4c4cc(C(C)(C)C)ccc43)cc1N2c1ccc2c3ccccc3c3ccccc3c2c1. The Hall–Kier alpha value is -10.9. The Kier molecular flexibility index (Phi) is 13.4. The number of rotatable bonds is 4. The van der Waals surface area contributed by atoms with Gasteiger partial charge in [-0.15, -0.1) is 0 Å². The average molecular weight is 1330 g/mol. The average Bonchev–Trinajstić information content (AvgIpc) is 0.976. The van der Waals surface area contributed by atoms with Crippen molar-refractivity contribution in [3.63, 3.8) is 0 Å². The Morgan fingerprint density at radius 2 is 0.466 bits per heavy atom. The van der Waals surface area contributed by atoms with Crippen molar-refractivity contribution < 1.29 is 0 Å². The van der Waals surface area contributed by atoms with E-state index in [1.165, 1.54) is 175 Å². The number of nitrogens with zero attached hydrogens (tertiary/aromatic N) is 4. The number of hydrogen-bond donors (Lipinski definition) is 0. The molecule has 0 amide bonds. The van der Waals surface area contributed by atoms with Crippen LogP contribution in [0.5, 0.6) is 0 Å². The predicted octanol–water partition coefficient (Wildman–Crippen LogP) is 25.4. The van der Waals surface area contributed by atoms with Crippen LogP contribution in [0.3, 0.4) is 0 Å². The van der Waals surface area contributed by atoms with Gasteiger partial charge in [0.2, 0.25) is 0 Å². The molecule has 4 heterocycles. The second-order valence-corrected chi connectivity index (χ2v) is 35.0. The van der Waals surface area contributed by atoms with E-state index in [0.717, 1.165) is 22.7 Å². The molecule has 4 nitrogen and oxygen atoms in total. The third-order valence-electron chi connectivity index (χ3n) is 23.4.